The summed E-state index contributed by atoms with van der Waals surface area (Å²) in [7, 11) is 1.77. The number of nitrogens with zero attached hydrogens (tertiary/aromatic N) is 2. The van der Waals surface area contributed by atoms with Crippen LogP contribution < -0.4 is 5.32 Å². The van der Waals surface area contributed by atoms with E-state index in [-0.39, 0.29) is 6.10 Å². The maximum absolute atomic E-state index is 6.19. The van der Waals surface area contributed by atoms with Gasteiger partial charge < -0.3 is 10.1 Å². The summed E-state index contributed by atoms with van der Waals surface area (Å²) in [4.78, 5) is 8.91. The first-order valence-electron chi connectivity index (χ1n) is 6.98. The number of hydrogen-bond donors (Lipinski definition) is 1. The van der Waals surface area contributed by atoms with Gasteiger partial charge in [0.15, 0.2) is 0 Å². The van der Waals surface area contributed by atoms with Gasteiger partial charge in [0.1, 0.15) is 16.8 Å². The highest BCUT2D eigenvalue weighted by atomic mass is 35.5. The summed E-state index contributed by atoms with van der Waals surface area (Å²) in [6.45, 7) is 4.07. The van der Waals surface area contributed by atoms with Crippen LogP contribution in [0.15, 0.2) is 0 Å². The lowest BCUT2D eigenvalue weighted by Gasteiger charge is -2.21. The van der Waals surface area contributed by atoms with Crippen molar-refractivity contribution < 1.29 is 4.74 Å². The number of methoxy groups -OCH3 is 1. The molecule has 0 aliphatic heterocycles. The lowest BCUT2D eigenvalue weighted by Crippen LogP contribution is -2.30. The highest BCUT2D eigenvalue weighted by Crippen LogP contribution is 2.27. The molecule has 1 N–H and O–H groups in total. The first-order valence-corrected chi connectivity index (χ1v) is 7.35. The van der Waals surface area contributed by atoms with Gasteiger partial charge >= 0.3 is 0 Å². The van der Waals surface area contributed by atoms with Crippen LogP contribution in [0.2, 0.25) is 5.15 Å². The Bertz CT molecular complexity index is 439. The van der Waals surface area contributed by atoms with Crippen LogP contribution in [0.5, 0.6) is 0 Å². The number of ether oxygens (including phenoxy) is 1. The van der Waals surface area contributed by atoms with E-state index in [1.54, 1.807) is 7.11 Å². The fraction of sp³-hybridized carbons (Fsp3) is 0.714. The zero-order valence-corrected chi connectivity index (χ0v) is 12.6. The number of rotatable bonds is 5. The van der Waals surface area contributed by atoms with Crippen LogP contribution in [0.25, 0.3) is 0 Å². The molecule has 2 unspecified atom stereocenters. The second-order valence-corrected chi connectivity index (χ2v) is 5.47. The minimum atomic E-state index is 0.266. The first-order chi connectivity index (χ1) is 9.15. The van der Waals surface area contributed by atoms with E-state index in [0.29, 0.717) is 11.2 Å². The van der Waals surface area contributed by atoms with Crippen molar-refractivity contribution in [3.8, 4) is 0 Å². The Morgan fingerprint density at radius 2 is 2.16 bits per heavy atom. The normalized spacial score (nSPS) is 22.7. The molecular weight excluding hydrogens is 262 g/mol. The van der Waals surface area contributed by atoms with Crippen molar-refractivity contribution in [2.75, 3.05) is 12.4 Å². The van der Waals surface area contributed by atoms with Gasteiger partial charge in [-0.2, -0.15) is 0 Å². The first kappa shape index (κ1) is 14.5. The molecule has 1 aliphatic rings. The topological polar surface area (TPSA) is 47.0 Å². The van der Waals surface area contributed by atoms with Gasteiger partial charge in [0.05, 0.1) is 12.1 Å². The molecule has 1 aliphatic carbocycles. The van der Waals surface area contributed by atoms with Gasteiger partial charge in [-0.1, -0.05) is 18.5 Å². The Balaban J connectivity index is 2.18. The maximum Gasteiger partial charge on any atom is 0.137 e. The monoisotopic (exact) mass is 283 g/mol. The van der Waals surface area contributed by atoms with E-state index in [0.717, 1.165) is 42.9 Å². The highest BCUT2D eigenvalue weighted by Gasteiger charge is 2.28. The third-order valence-electron chi connectivity index (χ3n) is 3.68. The molecule has 0 saturated heterocycles. The molecule has 106 valence electrons. The quantitative estimate of drug-likeness (QED) is 0.842. The molecule has 1 aromatic rings. The maximum atomic E-state index is 6.19. The summed E-state index contributed by atoms with van der Waals surface area (Å²) in [6.07, 6.45) is 5.55. The van der Waals surface area contributed by atoms with Crippen LogP contribution in [-0.2, 0) is 11.2 Å². The summed E-state index contributed by atoms with van der Waals surface area (Å²) < 4.78 is 5.50. The fourth-order valence-electron chi connectivity index (χ4n) is 2.56. The molecule has 0 amide bonds. The van der Waals surface area contributed by atoms with Crippen LogP contribution in [0.4, 0.5) is 5.82 Å². The van der Waals surface area contributed by atoms with Crippen molar-refractivity contribution in [2.24, 2.45) is 0 Å². The van der Waals surface area contributed by atoms with E-state index < -0.39 is 0 Å². The van der Waals surface area contributed by atoms with Crippen molar-refractivity contribution >= 4 is 17.4 Å². The molecule has 0 radical (unpaired) electrons. The lowest BCUT2D eigenvalue weighted by atomic mass is 10.2. The third-order valence-corrected chi connectivity index (χ3v) is 4.05. The number of aromatic nitrogens is 2. The van der Waals surface area contributed by atoms with Crippen molar-refractivity contribution in [2.45, 2.75) is 58.1 Å². The molecule has 0 spiro atoms. The summed E-state index contributed by atoms with van der Waals surface area (Å²) in [5.41, 5.74) is 0.920. The third kappa shape index (κ3) is 3.37. The minimum absolute atomic E-state index is 0.266. The van der Waals surface area contributed by atoms with E-state index in [9.17, 15) is 0 Å². The smallest absolute Gasteiger partial charge is 0.137 e. The number of anilines is 1. The van der Waals surface area contributed by atoms with Gasteiger partial charge in [-0.15, -0.1) is 0 Å². The Morgan fingerprint density at radius 3 is 2.84 bits per heavy atom. The summed E-state index contributed by atoms with van der Waals surface area (Å²) in [5.74, 6) is 1.67. The second kappa shape index (κ2) is 6.53. The van der Waals surface area contributed by atoms with E-state index in [2.05, 4.69) is 22.2 Å². The van der Waals surface area contributed by atoms with Gasteiger partial charge in [-0.05, 0) is 32.6 Å². The van der Waals surface area contributed by atoms with E-state index in [4.69, 9.17) is 16.3 Å². The van der Waals surface area contributed by atoms with E-state index >= 15 is 0 Å². The average molecular weight is 284 g/mol. The minimum Gasteiger partial charge on any atom is -0.379 e. The summed E-state index contributed by atoms with van der Waals surface area (Å²) >= 11 is 6.19. The van der Waals surface area contributed by atoms with Crippen molar-refractivity contribution in [3.05, 3.63) is 16.5 Å². The second-order valence-electron chi connectivity index (χ2n) is 5.11. The van der Waals surface area contributed by atoms with Gasteiger partial charge in [0.25, 0.3) is 0 Å². The molecule has 2 atom stereocenters. The largest absolute Gasteiger partial charge is 0.379 e. The number of aryl methyl sites for hydroxylation is 1. The number of hydrogen-bond acceptors (Lipinski definition) is 4. The molecule has 0 aromatic carbocycles. The molecule has 4 nitrogen and oxygen atoms in total. The molecule has 1 saturated carbocycles. The van der Waals surface area contributed by atoms with Crippen LogP contribution in [0, 0.1) is 6.92 Å². The molecule has 19 heavy (non-hydrogen) atoms. The molecular formula is C14H22ClN3O. The van der Waals surface area contributed by atoms with E-state index in [1.807, 2.05) is 6.92 Å². The predicted octanol–water partition coefficient (Wildman–Crippen LogP) is 3.37. The Kier molecular flexibility index (Phi) is 4.99. The molecule has 5 heteroatoms. The SMILES string of the molecule is CCCc1nc(Cl)c(C)c(NC2CCCC2OC)n1. The molecule has 0 bridgehead atoms. The van der Waals surface area contributed by atoms with Crippen molar-refractivity contribution in [1.29, 1.82) is 0 Å². The van der Waals surface area contributed by atoms with Crippen molar-refractivity contribution in [1.82, 2.24) is 9.97 Å². The molecule has 1 aromatic heterocycles. The number of halogens is 1. The van der Waals surface area contributed by atoms with Gasteiger partial charge in [0, 0.05) is 19.1 Å². The van der Waals surface area contributed by atoms with Gasteiger partial charge in [-0.3, -0.25) is 0 Å². The van der Waals surface area contributed by atoms with Crippen LogP contribution in [0.1, 0.15) is 44.0 Å². The van der Waals surface area contributed by atoms with E-state index in [1.165, 1.54) is 6.42 Å². The number of nitrogens with one attached hydrogen (secondary N) is 1. The zero-order valence-electron chi connectivity index (χ0n) is 11.9. The van der Waals surface area contributed by atoms with Crippen LogP contribution in [-0.4, -0.2) is 29.2 Å². The van der Waals surface area contributed by atoms with Crippen LogP contribution >= 0.6 is 11.6 Å². The summed E-state index contributed by atoms with van der Waals surface area (Å²) in [5, 5.41) is 4.04. The standard InChI is InChI=1S/C14H22ClN3O/c1-4-6-12-17-13(15)9(2)14(18-12)16-10-7-5-8-11(10)19-3/h10-11H,4-8H2,1-3H3,(H,16,17,18). The zero-order chi connectivity index (χ0) is 13.8. The van der Waals surface area contributed by atoms with Gasteiger partial charge in [-0.25, -0.2) is 9.97 Å². The van der Waals surface area contributed by atoms with Crippen molar-refractivity contribution in [3.63, 3.8) is 0 Å². The Labute approximate surface area is 119 Å². The Morgan fingerprint density at radius 1 is 1.37 bits per heavy atom. The fourth-order valence-corrected chi connectivity index (χ4v) is 2.74. The predicted molar refractivity (Wildman–Crippen MR) is 77.8 cm³/mol. The lowest BCUT2D eigenvalue weighted by molar-refractivity contribution is 0.101. The molecule has 1 heterocycles. The average Bonchev–Trinajstić information content (AvgIpc) is 2.83. The molecule has 2 rings (SSSR count). The highest BCUT2D eigenvalue weighted by molar-refractivity contribution is 6.30. The Hall–Kier alpha value is -0.870. The van der Waals surface area contributed by atoms with Crippen LogP contribution in [0.3, 0.4) is 0 Å². The molecule has 1 fully saturated rings. The summed E-state index contributed by atoms with van der Waals surface area (Å²) in [6, 6.07) is 0.323. The van der Waals surface area contributed by atoms with Gasteiger partial charge in [0.2, 0.25) is 0 Å².